The number of ether oxygens (including phenoxy) is 1. The maximum absolute atomic E-state index is 9.56. The van der Waals surface area contributed by atoms with Crippen molar-refractivity contribution in [1.82, 2.24) is 34.4 Å². The Balaban J connectivity index is 1.33. The molecule has 0 saturated carbocycles. The summed E-state index contributed by atoms with van der Waals surface area (Å²) in [6, 6.07) is 12.9. The number of nitrogens with two attached hydrogens (primary N) is 1. The summed E-state index contributed by atoms with van der Waals surface area (Å²) >= 11 is 0. The molecular weight excluding hydrogens is 542 g/mol. The number of nitriles is 1. The van der Waals surface area contributed by atoms with Crippen molar-refractivity contribution in [1.29, 1.82) is 5.26 Å². The van der Waals surface area contributed by atoms with Gasteiger partial charge < -0.3 is 25.6 Å². The highest BCUT2D eigenvalue weighted by atomic mass is 16.5. The van der Waals surface area contributed by atoms with Gasteiger partial charge >= 0.3 is 0 Å². The minimum Gasteiger partial charge on any atom is -0.492 e. The van der Waals surface area contributed by atoms with Crippen LogP contribution in [0.1, 0.15) is 49.3 Å². The van der Waals surface area contributed by atoms with Crippen molar-refractivity contribution in [3.8, 4) is 11.8 Å². The standard InChI is InChI=1S/C31H41N11O/c1-20-11-12-42-27(20)31(37-29(38-42)23(4)36-30-26(15-32)28(33)34-19-35-30)40-16-21(2)41(22(3)17-40)18-24-7-9-25(10-8-24)43-14-13-39(5)6/h7-12,19,21-23H,13-14,16-18H2,1-6H3,(H3,33,34,35,36)/t21-,22+,23-/m0/s1. The Morgan fingerprint density at radius 3 is 2.53 bits per heavy atom. The number of benzene rings is 1. The van der Waals surface area contributed by atoms with Crippen molar-refractivity contribution in [2.75, 3.05) is 56.3 Å². The van der Waals surface area contributed by atoms with Crippen LogP contribution >= 0.6 is 0 Å². The highest BCUT2D eigenvalue weighted by molar-refractivity contribution is 5.73. The van der Waals surface area contributed by atoms with Crippen LogP contribution in [0.5, 0.6) is 5.75 Å². The number of aryl methyl sites for hydroxylation is 1. The summed E-state index contributed by atoms with van der Waals surface area (Å²) in [5.74, 6) is 2.89. The van der Waals surface area contributed by atoms with E-state index >= 15 is 0 Å². The summed E-state index contributed by atoms with van der Waals surface area (Å²) < 4.78 is 7.77. The highest BCUT2D eigenvalue weighted by Gasteiger charge is 2.32. The zero-order valence-corrected chi connectivity index (χ0v) is 25.8. The lowest BCUT2D eigenvalue weighted by molar-refractivity contribution is 0.123. The van der Waals surface area contributed by atoms with Crippen molar-refractivity contribution in [3.63, 3.8) is 0 Å². The molecule has 0 amide bonds. The number of nitrogen functional groups attached to an aromatic ring is 1. The van der Waals surface area contributed by atoms with Crippen molar-refractivity contribution in [2.24, 2.45) is 0 Å². The normalized spacial score (nSPS) is 18.1. The molecule has 226 valence electrons. The molecule has 1 fully saturated rings. The van der Waals surface area contributed by atoms with Crippen LogP contribution in [-0.4, -0.2) is 86.8 Å². The molecule has 4 aromatic rings. The fourth-order valence-corrected chi connectivity index (χ4v) is 5.55. The van der Waals surface area contributed by atoms with Gasteiger partial charge in [0.25, 0.3) is 0 Å². The van der Waals surface area contributed by atoms with Crippen molar-refractivity contribution in [3.05, 3.63) is 65.4 Å². The van der Waals surface area contributed by atoms with Gasteiger partial charge in [-0.25, -0.2) is 19.5 Å². The second kappa shape index (κ2) is 12.8. The van der Waals surface area contributed by atoms with Crippen LogP contribution in [-0.2, 0) is 6.54 Å². The predicted octanol–water partition coefficient (Wildman–Crippen LogP) is 3.49. The molecule has 1 aliphatic rings. The van der Waals surface area contributed by atoms with E-state index in [0.29, 0.717) is 30.3 Å². The van der Waals surface area contributed by atoms with Crippen molar-refractivity contribution >= 4 is 23.0 Å². The number of aromatic nitrogens is 5. The van der Waals surface area contributed by atoms with Crippen LogP contribution in [0.3, 0.4) is 0 Å². The SMILES string of the molecule is Cc1ccn2nc([C@H](C)Nc3ncnc(N)c3C#N)nc(N3C[C@@H](C)N(Cc4ccc(OCCN(C)C)cc4)[C@@H](C)C3)c12. The Labute approximate surface area is 253 Å². The molecule has 5 rings (SSSR count). The predicted molar refractivity (Wildman–Crippen MR) is 168 cm³/mol. The van der Waals surface area contributed by atoms with Crippen LogP contribution in [0.2, 0.25) is 0 Å². The first-order valence-electron chi connectivity index (χ1n) is 14.6. The van der Waals surface area contributed by atoms with Crippen LogP contribution in [0.25, 0.3) is 5.52 Å². The number of anilines is 3. The van der Waals surface area contributed by atoms with Gasteiger partial charge in [-0.3, -0.25) is 4.90 Å². The van der Waals surface area contributed by atoms with E-state index in [-0.39, 0.29) is 17.4 Å². The fourth-order valence-electron chi connectivity index (χ4n) is 5.55. The maximum Gasteiger partial charge on any atom is 0.173 e. The number of nitrogens with one attached hydrogen (secondary N) is 1. The van der Waals surface area contributed by atoms with E-state index in [1.807, 2.05) is 31.7 Å². The Hall–Kier alpha value is -4.47. The molecule has 43 heavy (non-hydrogen) atoms. The maximum atomic E-state index is 9.56. The number of piperazine rings is 1. The lowest BCUT2D eigenvalue weighted by Gasteiger charge is -2.45. The van der Waals surface area contributed by atoms with Crippen LogP contribution in [0.15, 0.2) is 42.9 Å². The number of fused-ring (bicyclic) bond motifs is 1. The smallest absolute Gasteiger partial charge is 0.173 e. The Morgan fingerprint density at radius 1 is 1.14 bits per heavy atom. The number of hydrogen-bond donors (Lipinski definition) is 2. The molecule has 0 spiro atoms. The van der Waals surface area contributed by atoms with Crippen molar-refractivity contribution < 1.29 is 4.74 Å². The molecule has 0 radical (unpaired) electrons. The van der Waals surface area contributed by atoms with Gasteiger partial charge in [0.05, 0.1) is 6.04 Å². The third kappa shape index (κ3) is 6.63. The number of likely N-dealkylation sites (N-methyl/N-ethyl adjacent to an activating group) is 1. The molecule has 3 aromatic heterocycles. The molecule has 1 aliphatic heterocycles. The van der Waals surface area contributed by atoms with Gasteiger partial charge in [-0.15, -0.1) is 0 Å². The van der Waals surface area contributed by atoms with E-state index in [0.717, 1.165) is 48.8 Å². The third-order valence-electron chi connectivity index (χ3n) is 7.94. The molecule has 12 heteroatoms. The second-order valence-electron chi connectivity index (χ2n) is 11.6. The highest BCUT2D eigenvalue weighted by Crippen LogP contribution is 2.30. The zero-order chi connectivity index (χ0) is 30.7. The first kappa shape index (κ1) is 30.0. The van der Waals surface area contributed by atoms with E-state index < -0.39 is 0 Å². The molecule has 0 aliphatic carbocycles. The summed E-state index contributed by atoms with van der Waals surface area (Å²) in [4.78, 5) is 20.3. The average molecular weight is 584 g/mol. The van der Waals surface area contributed by atoms with Gasteiger partial charge in [0, 0.05) is 44.5 Å². The number of rotatable bonds is 10. The lowest BCUT2D eigenvalue weighted by Crippen LogP contribution is -2.56. The van der Waals surface area contributed by atoms with Gasteiger partial charge in [-0.2, -0.15) is 10.4 Å². The molecule has 3 atom stereocenters. The minimum atomic E-state index is -0.335. The largest absolute Gasteiger partial charge is 0.492 e. The Morgan fingerprint density at radius 2 is 1.86 bits per heavy atom. The summed E-state index contributed by atoms with van der Waals surface area (Å²) in [6.45, 7) is 12.7. The van der Waals surface area contributed by atoms with Crippen LogP contribution < -0.4 is 20.7 Å². The molecule has 0 unspecified atom stereocenters. The Kier molecular flexibility index (Phi) is 8.94. The molecular formula is C31H41N11O. The molecule has 4 heterocycles. The van der Waals surface area contributed by atoms with E-state index in [2.05, 4.69) is 87.2 Å². The third-order valence-corrected chi connectivity index (χ3v) is 7.94. The Bertz CT molecular complexity index is 1580. The van der Waals surface area contributed by atoms with Crippen molar-refractivity contribution in [2.45, 2.75) is 52.4 Å². The van der Waals surface area contributed by atoms with Crippen LogP contribution in [0, 0.1) is 18.3 Å². The topological polar surface area (TPSA) is 137 Å². The monoisotopic (exact) mass is 583 g/mol. The molecule has 12 nitrogen and oxygen atoms in total. The summed E-state index contributed by atoms with van der Waals surface area (Å²) in [7, 11) is 4.09. The van der Waals surface area contributed by atoms with Gasteiger partial charge in [-0.1, -0.05) is 12.1 Å². The van der Waals surface area contributed by atoms with Gasteiger partial charge in [0.2, 0.25) is 0 Å². The fraction of sp³-hybridized carbons (Fsp3) is 0.452. The van der Waals surface area contributed by atoms with E-state index in [1.165, 1.54) is 11.9 Å². The van der Waals surface area contributed by atoms with Gasteiger partial charge in [-0.05, 0) is 71.1 Å². The second-order valence-corrected chi connectivity index (χ2v) is 11.6. The summed E-state index contributed by atoms with van der Waals surface area (Å²) in [6.07, 6.45) is 3.30. The number of nitrogens with zero attached hydrogens (tertiary/aromatic N) is 9. The number of hydrogen-bond acceptors (Lipinski definition) is 11. The van der Waals surface area contributed by atoms with E-state index in [1.54, 1.807) is 0 Å². The molecule has 1 aromatic carbocycles. The van der Waals surface area contributed by atoms with Crippen LogP contribution in [0.4, 0.5) is 17.5 Å². The van der Waals surface area contributed by atoms with Gasteiger partial charge in [0.15, 0.2) is 11.6 Å². The first-order chi connectivity index (χ1) is 20.6. The minimum absolute atomic E-state index is 0.135. The first-order valence-corrected chi connectivity index (χ1v) is 14.6. The van der Waals surface area contributed by atoms with Gasteiger partial charge in [0.1, 0.15) is 47.5 Å². The molecule has 3 N–H and O–H groups in total. The molecule has 0 bridgehead atoms. The summed E-state index contributed by atoms with van der Waals surface area (Å²) in [5, 5.41) is 17.6. The molecule has 1 saturated heterocycles. The van der Waals surface area contributed by atoms with E-state index in [4.69, 9.17) is 20.6 Å². The quantitative estimate of drug-likeness (QED) is 0.284. The average Bonchev–Trinajstić information content (AvgIpc) is 3.35. The zero-order valence-electron chi connectivity index (χ0n) is 25.8. The summed E-state index contributed by atoms with van der Waals surface area (Å²) in [5.41, 5.74) is 9.49. The lowest BCUT2D eigenvalue weighted by atomic mass is 10.1. The van der Waals surface area contributed by atoms with E-state index in [9.17, 15) is 5.26 Å².